The number of phenols is 1. The molecule has 0 fully saturated rings. The van der Waals surface area contributed by atoms with Gasteiger partial charge in [0.05, 0.1) is 4.90 Å². The van der Waals surface area contributed by atoms with Crippen LogP contribution in [-0.2, 0) is 10.0 Å². The first-order valence-corrected chi connectivity index (χ1v) is 8.29. The Morgan fingerprint density at radius 3 is 2.26 bits per heavy atom. The summed E-state index contributed by atoms with van der Waals surface area (Å²) in [4.78, 5) is 0.197. The third-order valence-electron chi connectivity index (χ3n) is 3.01. The predicted octanol–water partition coefficient (Wildman–Crippen LogP) is 3.03. The Bertz CT molecular complexity index is 468. The zero-order valence-corrected chi connectivity index (χ0v) is 12.4. The molecule has 1 unspecified atom stereocenters. The van der Waals surface area contributed by atoms with Gasteiger partial charge in [0.1, 0.15) is 5.75 Å². The van der Waals surface area contributed by atoms with Crippen LogP contribution in [0.1, 0.15) is 46.0 Å². The van der Waals surface area contributed by atoms with Gasteiger partial charge in [0.2, 0.25) is 10.0 Å². The second kappa shape index (κ2) is 7.50. The Hall–Kier alpha value is -1.07. The number of nitrogens with one attached hydrogen (secondary N) is 1. The summed E-state index contributed by atoms with van der Waals surface area (Å²) in [6.45, 7) is 4.14. The van der Waals surface area contributed by atoms with E-state index < -0.39 is 10.0 Å². The first-order chi connectivity index (χ1) is 8.99. The topological polar surface area (TPSA) is 66.4 Å². The zero-order valence-electron chi connectivity index (χ0n) is 11.6. The van der Waals surface area contributed by atoms with Gasteiger partial charge in [0.15, 0.2) is 0 Å². The molecule has 2 N–H and O–H groups in total. The molecule has 5 heteroatoms. The summed E-state index contributed by atoms with van der Waals surface area (Å²) in [6.07, 6.45) is 4.73. The van der Waals surface area contributed by atoms with Gasteiger partial charge >= 0.3 is 0 Å². The van der Waals surface area contributed by atoms with Crippen molar-refractivity contribution >= 4 is 10.0 Å². The third kappa shape index (κ3) is 5.20. The van der Waals surface area contributed by atoms with Gasteiger partial charge in [-0.05, 0) is 37.1 Å². The highest BCUT2D eigenvalue weighted by atomic mass is 32.2. The van der Waals surface area contributed by atoms with Crippen molar-refractivity contribution in [2.75, 3.05) is 0 Å². The molecule has 0 aliphatic rings. The van der Waals surface area contributed by atoms with Gasteiger partial charge in [0.25, 0.3) is 0 Å². The van der Waals surface area contributed by atoms with Crippen molar-refractivity contribution in [3.8, 4) is 5.75 Å². The van der Waals surface area contributed by atoms with Gasteiger partial charge in [-0.25, -0.2) is 13.1 Å². The van der Waals surface area contributed by atoms with E-state index in [0.717, 1.165) is 32.1 Å². The van der Waals surface area contributed by atoms with E-state index in [2.05, 4.69) is 11.6 Å². The van der Waals surface area contributed by atoms with Crippen LogP contribution in [-0.4, -0.2) is 19.6 Å². The molecule has 0 spiro atoms. The maximum absolute atomic E-state index is 12.2. The van der Waals surface area contributed by atoms with Gasteiger partial charge in [-0.1, -0.05) is 33.1 Å². The lowest BCUT2D eigenvalue weighted by Crippen LogP contribution is -2.34. The number of rotatable bonds is 8. The van der Waals surface area contributed by atoms with Crippen LogP contribution in [0.5, 0.6) is 5.75 Å². The lowest BCUT2D eigenvalue weighted by Gasteiger charge is -2.18. The molecule has 0 bridgehead atoms. The van der Waals surface area contributed by atoms with E-state index >= 15 is 0 Å². The van der Waals surface area contributed by atoms with Crippen LogP contribution in [0.4, 0.5) is 0 Å². The fourth-order valence-corrected chi connectivity index (χ4v) is 3.28. The van der Waals surface area contributed by atoms with Gasteiger partial charge in [-0.15, -0.1) is 0 Å². The lowest BCUT2D eigenvalue weighted by molar-refractivity contribution is 0.474. The van der Waals surface area contributed by atoms with Gasteiger partial charge < -0.3 is 5.11 Å². The van der Waals surface area contributed by atoms with Gasteiger partial charge in [-0.2, -0.15) is 0 Å². The van der Waals surface area contributed by atoms with Crippen LogP contribution in [0.25, 0.3) is 0 Å². The second-order valence-corrected chi connectivity index (χ2v) is 6.46. The third-order valence-corrected chi connectivity index (χ3v) is 4.55. The number of sulfonamides is 1. The number of phenolic OH excluding ortho intramolecular Hbond substituents is 1. The highest BCUT2D eigenvalue weighted by molar-refractivity contribution is 7.89. The molecule has 1 aromatic carbocycles. The molecule has 0 heterocycles. The SMILES string of the molecule is CCCCC(CCC)NS(=O)(=O)c1ccc(O)cc1. The molecule has 0 amide bonds. The molecule has 0 aliphatic heterocycles. The number of benzene rings is 1. The average molecular weight is 285 g/mol. The summed E-state index contributed by atoms with van der Waals surface area (Å²) < 4.78 is 27.2. The number of unbranched alkanes of at least 4 members (excludes halogenated alkanes) is 1. The summed E-state index contributed by atoms with van der Waals surface area (Å²) in [5.74, 6) is 0.0649. The molecule has 0 aromatic heterocycles. The van der Waals surface area contributed by atoms with E-state index in [-0.39, 0.29) is 16.7 Å². The van der Waals surface area contributed by atoms with E-state index in [9.17, 15) is 13.5 Å². The highest BCUT2D eigenvalue weighted by Gasteiger charge is 2.19. The Kier molecular flexibility index (Phi) is 6.31. The fourth-order valence-electron chi connectivity index (χ4n) is 1.97. The van der Waals surface area contributed by atoms with Crippen molar-refractivity contribution in [1.82, 2.24) is 4.72 Å². The quantitative estimate of drug-likeness (QED) is 0.771. The maximum atomic E-state index is 12.2. The first kappa shape index (κ1) is 16.0. The molecule has 0 radical (unpaired) electrons. The van der Waals surface area contributed by atoms with Crippen molar-refractivity contribution in [3.63, 3.8) is 0 Å². The smallest absolute Gasteiger partial charge is 0.240 e. The summed E-state index contributed by atoms with van der Waals surface area (Å²) in [7, 11) is -3.49. The molecule has 1 aromatic rings. The number of hydrogen-bond acceptors (Lipinski definition) is 3. The maximum Gasteiger partial charge on any atom is 0.240 e. The minimum absolute atomic E-state index is 0.0104. The largest absolute Gasteiger partial charge is 0.508 e. The molecule has 4 nitrogen and oxygen atoms in total. The Morgan fingerprint density at radius 1 is 1.11 bits per heavy atom. The van der Waals surface area contributed by atoms with Gasteiger partial charge in [-0.3, -0.25) is 0 Å². The van der Waals surface area contributed by atoms with E-state index in [1.54, 1.807) is 0 Å². The monoisotopic (exact) mass is 285 g/mol. The number of hydrogen-bond donors (Lipinski definition) is 2. The predicted molar refractivity (Wildman–Crippen MR) is 76.6 cm³/mol. The van der Waals surface area contributed by atoms with Crippen LogP contribution < -0.4 is 4.72 Å². The van der Waals surface area contributed by atoms with E-state index in [1.165, 1.54) is 24.3 Å². The minimum atomic E-state index is -3.49. The first-order valence-electron chi connectivity index (χ1n) is 6.81. The Morgan fingerprint density at radius 2 is 1.74 bits per heavy atom. The Labute approximate surface area is 115 Å². The van der Waals surface area contributed by atoms with Gasteiger partial charge in [0, 0.05) is 6.04 Å². The van der Waals surface area contributed by atoms with Crippen molar-refractivity contribution in [3.05, 3.63) is 24.3 Å². The molecular formula is C14H23NO3S. The summed E-state index contributed by atoms with van der Waals surface area (Å²) in [5, 5.41) is 9.19. The van der Waals surface area contributed by atoms with Crippen molar-refractivity contribution < 1.29 is 13.5 Å². The molecule has 1 atom stereocenters. The standard InChI is InChI=1S/C14H23NO3S/c1-3-5-7-12(6-4-2)15-19(17,18)14-10-8-13(16)9-11-14/h8-12,15-16H,3-7H2,1-2H3. The summed E-state index contributed by atoms with van der Waals surface area (Å²) >= 11 is 0. The summed E-state index contributed by atoms with van der Waals surface area (Å²) in [6, 6.07) is 5.59. The lowest BCUT2D eigenvalue weighted by atomic mass is 10.1. The number of aromatic hydroxyl groups is 1. The van der Waals surface area contributed by atoms with Crippen molar-refractivity contribution in [1.29, 1.82) is 0 Å². The molecular weight excluding hydrogens is 262 g/mol. The van der Waals surface area contributed by atoms with Crippen LogP contribution in [0, 0.1) is 0 Å². The van der Waals surface area contributed by atoms with Crippen LogP contribution >= 0.6 is 0 Å². The molecule has 0 saturated heterocycles. The summed E-state index contributed by atoms with van der Waals surface area (Å²) in [5.41, 5.74) is 0. The zero-order chi connectivity index (χ0) is 14.3. The van der Waals surface area contributed by atoms with E-state index in [1.807, 2.05) is 6.92 Å². The van der Waals surface area contributed by atoms with Crippen molar-refractivity contribution in [2.45, 2.75) is 56.9 Å². The fraction of sp³-hybridized carbons (Fsp3) is 0.571. The molecule has 0 saturated carbocycles. The minimum Gasteiger partial charge on any atom is -0.508 e. The van der Waals surface area contributed by atoms with E-state index in [4.69, 9.17) is 0 Å². The van der Waals surface area contributed by atoms with Crippen molar-refractivity contribution in [2.24, 2.45) is 0 Å². The Balaban J connectivity index is 2.78. The second-order valence-electron chi connectivity index (χ2n) is 4.74. The molecule has 0 aliphatic carbocycles. The highest BCUT2D eigenvalue weighted by Crippen LogP contribution is 2.16. The normalized spacial score (nSPS) is 13.4. The molecule has 108 valence electrons. The molecule has 19 heavy (non-hydrogen) atoms. The average Bonchev–Trinajstić information content (AvgIpc) is 2.36. The van der Waals surface area contributed by atoms with Crippen LogP contribution in [0.3, 0.4) is 0 Å². The molecule has 1 rings (SSSR count). The van der Waals surface area contributed by atoms with E-state index in [0.29, 0.717) is 0 Å². The van der Waals surface area contributed by atoms with Crippen LogP contribution in [0.2, 0.25) is 0 Å². The van der Waals surface area contributed by atoms with Crippen LogP contribution in [0.15, 0.2) is 29.2 Å².